The lowest BCUT2D eigenvalue weighted by molar-refractivity contribution is -0.147. The summed E-state index contributed by atoms with van der Waals surface area (Å²) in [6.45, 7) is 5.05. The fourth-order valence-corrected chi connectivity index (χ4v) is 5.36. The smallest absolute Gasteiger partial charge is 0.411 e. The van der Waals surface area contributed by atoms with Crippen molar-refractivity contribution in [3.05, 3.63) is 57.6 Å². The van der Waals surface area contributed by atoms with Gasteiger partial charge in [0.05, 0.1) is 0 Å². The Bertz CT molecular complexity index is 1280. The Labute approximate surface area is 216 Å². The van der Waals surface area contributed by atoms with Crippen molar-refractivity contribution in [2.24, 2.45) is 5.41 Å². The molecule has 2 aliphatic carbocycles. The summed E-state index contributed by atoms with van der Waals surface area (Å²) in [4.78, 5) is 39.8. The summed E-state index contributed by atoms with van der Waals surface area (Å²) in [5, 5.41) is 0. The molecule has 1 spiro atoms. The van der Waals surface area contributed by atoms with E-state index in [1.54, 1.807) is 32.9 Å². The monoisotopic (exact) mass is 561 g/mol. The van der Waals surface area contributed by atoms with E-state index in [-0.39, 0.29) is 22.1 Å². The summed E-state index contributed by atoms with van der Waals surface area (Å²) in [5.74, 6) is -4.54. The number of halogens is 3. The van der Waals surface area contributed by atoms with E-state index in [9.17, 15) is 14.4 Å². The normalized spacial score (nSPS) is 20.6. The van der Waals surface area contributed by atoms with E-state index < -0.39 is 42.0 Å². The highest BCUT2D eigenvalue weighted by Gasteiger charge is 2.56. The Kier molecular flexibility index (Phi) is 5.78. The number of rotatable bonds is 4. The average Bonchev–Trinajstić information content (AvgIpc) is 3.38. The Morgan fingerprint density at radius 2 is 1.69 bits per heavy atom. The average molecular weight is 562 g/mol. The maximum Gasteiger partial charge on any atom is 0.411 e. The largest absolute Gasteiger partial charge is 0.456 e. The summed E-state index contributed by atoms with van der Waals surface area (Å²) >= 11 is 3.23. The van der Waals surface area contributed by atoms with Gasteiger partial charge in [-0.25, -0.2) is 9.59 Å². The summed E-state index contributed by atoms with van der Waals surface area (Å²) in [6.07, 6.45) is 1.69. The Balaban J connectivity index is 1.29. The van der Waals surface area contributed by atoms with Crippen LogP contribution in [-0.2, 0) is 20.2 Å². The number of carbonyl (C=O) groups excluding carboxylic acids is 3. The molecule has 1 aliphatic heterocycles. The topological polar surface area (TPSA) is 72.9 Å². The molecule has 6 nitrogen and oxygen atoms in total. The molecule has 0 N–H and O–H groups in total. The van der Waals surface area contributed by atoms with Gasteiger partial charge in [-0.05, 0) is 74.8 Å². The lowest BCUT2D eigenvalue weighted by atomic mass is 10.0. The van der Waals surface area contributed by atoms with Crippen LogP contribution in [0.1, 0.15) is 61.5 Å². The van der Waals surface area contributed by atoms with E-state index in [0.29, 0.717) is 28.6 Å². The van der Waals surface area contributed by atoms with Crippen molar-refractivity contribution < 1.29 is 32.6 Å². The highest BCUT2D eigenvalue weighted by atomic mass is 79.9. The van der Waals surface area contributed by atoms with Gasteiger partial charge in [0.15, 0.2) is 12.4 Å². The van der Waals surface area contributed by atoms with Crippen LogP contribution in [0, 0.1) is 5.41 Å². The first-order chi connectivity index (χ1) is 16.8. The Morgan fingerprint density at radius 3 is 2.33 bits per heavy atom. The zero-order valence-electron chi connectivity index (χ0n) is 20.2. The third-order valence-corrected chi connectivity index (χ3v) is 7.49. The molecule has 36 heavy (non-hydrogen) atoms. The maximum atomic E-state index is 15.1. The molecule has 1 heterocycles. The molecule has 9 heteroatoms. The second-order valence-electron chi connectivity index (χ2n) is 10.9. The van der Waals surface area contributed by atoms with Crippen molar-refractivity contribution in [1.82, 2.24) is 4.90 Å². The second kappa shape index (κ2) is 8.36. The van der Waals surface area contributed by atoms with Gasteiger partial charge in [-0.1, -0.05) is 34.1 Å². The number of fused-ring (bicyclic) bond motifs is 3. The van der Waals surface area contributed by atoms with Gasteiger partial charge in [0.2, 0.25) is 0 Å². The van der Waals surface area contributed by atoms with Crippen LogP contribution in [0.4, 0.5) is 13.6 Å². The highest BCUT2D eigenvalue weighted by Crippen LogP contribution is 2.55. The van der Waals surface area contributed by atoms with Crippen LogP contribution >= 0.6 is 15.9 Å². The molecule has 0 bridgehead atoms. The van der Waals surface area contributed by atoms with Crippen LogP contribution in [0.3, 0.4) is 0 Å². The minimum atomic E-state index is -3.25. The molecular formula is C27H26BrF2NO5. The number of benzene rings is 2. The number of hydrogen-bond acceptors (Lipinski definition) is 5. The molecular weight excluding hydrogens is 536 g/mol. The van der Waals surface area contributed by atoms with Gasteiger partial charge in [0.1, 0.15) is 11.6 Å². The van der Waals surface area contributed by atoms with E-state index in [0.717, 1.165) is 12.8 Å². The number of alkyl halides is 2. The molecule has 1 atom stereocenters. The zero-order chi connectivity index (χ0) is 26.0. The van der Waals surface area contributed by atoms with Crippen molar-refractivity contribution >= 4 is 33.8 Å². The van der Waals surface area contributed by atoms with Crippen molar-refractivity contribution in [3.8, 4) is 11.1 Å². The number of amides is 1. The second-order valence-corrected chi connectivity index (χ2v) is 11.8. The van der Waals surface area contributed by atoms with Crippen molar-refractivity contribution in [1.29, 1.82) is 0 Å². The number of hydrogen-bond donors (Lipinski definition) is 0. The first-order valence-electron chi connectivity index (χ1n) is 11.8. The molecule has 0 aromatic heterocycles. The summed E-state index contributed by atoms with van der Waals surface area (Å²) in [5.41, 5.74) is -0.379. The highest BCUT2D eigenvalue weighted by molar-refractivity contribution is 9.10. The standard InChI is InChI=1S/C27H26BrF2NO5/c1-25(2,3)36-24(34)31-14-26(8-9-26)12-21(31)23(33)35-13-22(32)15-4-6-17-18-7-5-16(28)11-20(18)27(29,30)19(17)10-15/h4-7,10-11,21H,8-9,12-14H2,1-3H3/t21-/m0/s1. The number of ether oxygens (including phenoxy) is 2. The van der Waals surface area contributed by atoms with Crippen LogP contribution in [0.2, 0.25) is 0 Å². The van der Waals surface area contributed by atoms with Crippen molar-refractivity contribution in [2.75, 3.05) is 13.2 Å². The summed E-state index contributed by atoms with van der Waals surface area (Å²) < 4.78 is 41.5. The summed E-state index contributed by atoms with van der Waals surface area (Å²) in [7, 11) is 0. The molecule has 0 unspecified atom stereocenters. The number of Topliss-reactive ketones (excluding diaryl/α,β-unsaturated/α-hetero) is 1. The third-order valence-electron chi connectivity index (χ3n) is 7.00. The molecule has 2 fully saturated rings. The molecule has 190 valence electrons. The molecule has 2 aromatic carbocycles. The molecule has 0 radical (unpaired) electrons. The number of nitrogens with zero attached hydrogens (tertiary/aromatic N) is 1. The zero-order valence-corrected chi connectivity index (χ0v) is 21.8. The summed E-state index contributed by atoms with van der Waals surface area (Å²) in [6, 6.07) is 7.97. The number of likely N-dealkylation sites (tertiary alicyclic amines) is 1. The van der Waals surface area contributed by atoms with Crippen LogP contribution in [0.15, 0.2) is 40.9 Å². The number of ketones is 1. The van der Waals surface area contributed by atoms with Crippen LogP contribution < -0.4 is 0 Å². The minimum absolute atomic E-state index is 0.0298. The molecule has 3 aliphatic rings. The molecule has 1 saturated carbocycles. The van der Waals surface area contributed by atoms with Gasteiger partial charge in [-0.15, -0.1) is 0 Å². The van der Waals surface area contributed by atoms with Crippen LogP contribution in [0.25, 0.3) is 11.1 Å². The lowest BCUT2D eigenvalue weighted by Gasteiger charge is -2.27. The molecule has 5 rings (SSSR count). The Morgan fingerprint density at radius 1 is 1.06 bits per heavy atom. The molecule has 1 saturated heterocycles. The quantitative estimate of drug-likeness (QED) is 0.334. The third kappa shape index (κ3) is 4.42. The van der Waals surface area contributed by atoms with E-state index in [2.05, 4.69) is 15.9 Å². The van der Waals surface area contributed by atoms with Gasteiger partial charge in [0, 0.05) is 27.7 Å². The lowest BCUT2D eigenvalue weighted by Crippen LogP contribution is -2.44. The predicted molar refractivity (Wildman–Crippen MR) is 131 cm³/mol. The van der Waals surface area contributed by atoms with Crippen molar-refractivity contribution in [3.63, 3.8) is 0 Å². The Hall–Kier alpha value is -2.81. The first-order valence-corrected chi connectivity index (χ1v) is 12.6. The predicted octanol–water partition coefficient (Wildman–Crippen LogP) is 6.09. The van der Waals surface area contributed by atoms with Crippen LogP contribution in [-0.4, -0.2) is 47.5 Å². The van der Waals surface area contributed by atoms with Gasteiger partial charge >= 0.3 is 12.1 Å². The van der Waals surface area contributed by atoms with Crippen molar-refractivity contribution in [2.45, 2.75) is 57.6 Å². The SMILES string of the molecule is CC(C)(C)OC(=O)N1CC2(CC2)C[C@H]1C(=O)OCC(=O)c1ccc2c(c1)C(F)(F)c1cc(Br)ccc1-2. The van der Waals surface area contributed by atoms with Gasteiger partial charge in [-0.2, -0.15) is 8.78 Å². The fourth-order valence-electron chi connectivity index (χ4n) is 5.00. The van der Waals surface area contributed by atoms with Crippen LogP contribution in [0.5, 0.6) is 0 Å². The fraction of sp³-hybridized carbons (Fsp3) is 0.444. The minimum Gasteiger partial charge on any atom is -0.456 e. The van der Waals surface area contributed by atoms with E-state index >= 15 is 8.78 Å². The van der Waals surface area contributed by atoms with Gasteiger partial charge < -0.3 is 9.47 Å². The number of carbonyl (C=O) groups is 3. The van der Waals surface area contributed by atoms with E-state index in [1.807, 2.05) is 0 Å². The molecule has 1 amide bonds. The molecule has 2 aromatic rings. The van der Waals surface area contributed by atoms with E-state index in [1.165, 1.54) is 29.2 Å². The van der Waals surface area contributed by atoms with Gasteiger partial charge in [-0.3, -0.25) is 9.69 Å². The number of esters is 1. The van der Waals surface area contributed by atoms with Gasteiger partial charge in [0.25, 0.3) is 5.92 Å². The maximum absolute atomic E-state index is 15.1. The van der Waals surface area contributed by atoms with E-state index in [4.69, 9.17) is 9.47 Å². The first kappa shape index (κ1) is 24.9.